The molecule has 4 heteroatoms. The van der Waals surface area contributed by atoms with E-state index in [2.05, 4.69) is 23.8 Å². The molecule has 1 aromatic rings. The fourth-order valence-electron chi connectivity index (χ4n) is 1.05. The van der Waals surface area contributed by atoms with Crippen molar-refractivity contribution in [1.82, 2.24) is 10.3 Å². The first-order chi connectivity index (χ1) is 6.84. The summed E-state index contributed by atoms with van der Waals surface area (Å²) < 4.78 is 0. The summed E-state index contributed by atoms with van der Waals surface area (Å²) in [7, 11) is 0. The minimum absolute atomic E-state index is 0.374. The number of nitrogens with zero attached hydrogens (tertiary/aromatic N) is 1. The molecule has 0 aromatic carbocycles. The minimum Gasteiger partial charge on any atom is -0.307 e. The highest BCUT2D eigenvalue weighted by Gasteiger charge is 2.05. The predicted molar refractivity (Wildman–Crippen MR) is 66.1 cm³/mol. The quantitative estimate of drug-likeness (QED) is 0.574. The second-order valence-corrected chi connectivity index (χ2v) is 4.99. The van der Waals surface area contributed by atoms with Gasteiger partial charge in [-0.25, -0.2) is 4.98 Å². The van der Waals surface area contributed by atoms with Crippen molar-refractivity contribution in [2.24, 2.45) is 0 Å². The number of hydrogen-bond acceptors (Lipinski definition) is 4. The molecule has 0 radical (unpaired) electrons. The van der Waals surface area contributed by atoms with Gasteiger partial charge in [0.15, 0.2) is 0 Å². The Kier molecular flexibility index (Phi) is 5.91. The molecule has 0 aliphatic rings. The smallest absolute Gasteiger partial charge is 0.109 e. The maximum Gasteiger partial charge on any atom is 0.109 e. The highest BCUT2D eigenvalue weighted by Crippen LogP contribution is 2.14. The van der Waals surface area contributed by atoms with Crippen LogP contribution in [0.3, 0.4) is 0 Å². The molecule has 0 spiro atoms. The molecule has 0 bridgehead atoms. The summed E-state index contributed by atoms with van der Waals surface area (Å²) >= 11 is 3.60. The number of rotatable bonds is 7. The summed E-state index contributed by atoms with van der Waals surface area (Å²) in [6.07, 6.45) is 3.79. The summed E-state index contributed by atoms with van der Waals surface area (Å²) in [5.41, 5.74) is 0. The summed E-state index contributed by atoms with van der Waals surface area (Å²) in [4.78, 5) is 4.26. The molecule has 1 rings (SSSR count). The Bertz CT molecular complexity index is 247. The Hall–Kier alpha value is -0.320. The van der Waals surface area contributed by atoms with Gasteiger partial charge in [0.25, 0.3) is 0 Å². The van der Waals surface area contributed by atoms with Crippen molar-refractivity contribution in [3.8, 4) is 0 Å². The van der Waals surface area contributed by atoms with Gasteiger partial charge in [0.2, 0.25) is 0 Å². The first kappa shape index (κ1) is 11.8. The number of thioether (sulfide) groups is 1. The van der Waals surface area contributed by atoms with Gasteiger partial charge >= 0.3 is 0 Å². The van der Waals surface area contributed by atoms with E-state index < -0.39 is 0 Å². The highest BCUT2D eigenvalue weighted by molar-refractivity contribution is 7.99. The molecule has 1 aromatic heterocycles. The topological polar surface area (TPSA) is 24.9 Å². The van der Waals surface area contributed by atoms with Crippen molar-refractivity contribution < 1.29 is 0 Å². The first-order valence-corrected chi connectivity index (χ1v) is 6.69. The van der Waals surface area contributed by atoms with Crippen LogP contribution in [0.2, 0.25) is 0 Å². The zero-order chi connectivity index (χ0) is 10.2. The lowest BCUT2D eigenvalue weighted by molar-refractivity contribution is 0.598. The van der Waals surface area contributed by atoms with Crippen molar-refractivity contribution in [2.45, 2.75) is 13.0 Å². The molecule has 1 unspecified atom stereocenters. The van der Waals surface area contributed by atoms with E-state index in [0.717, 1.165) is 18.1 Å². The highest BCUT2D eigenvalue weighted by atomic mass is 32.2. The largest absolute Gasteiger partial charge is 0.307 e. The van der Waals surface area contributed by atoms with E-state index in [-0.39, 0.29) is 0 Å². The van der Waals surface area contributed by atoms with E-state index in [1.165, 1.54) is 5.01 Å². The second kappa shape index (κ2) is 7.04. The van der Waals surface area contributed by atoms with Gasteiger partial charge in [0.1, 0.15) is 5.01 Å². The van der Waals surface area contributed by atoms with Crippen molar-refractivity contribution in [3.05, 3.63) is 29.2 Å². The van der Waals surface area contributed by atoms with E-state index in [0.29, 0.717) is 6.04 Å². The summed E-state index contributed by atoms with van der Waals surface area (Å²) in [6, 6.07) is 0.374. The van der Waals surface area contributed by atoms with Crippen LogP contribution in [0, 0.1) is 0 Å². The minimum atomic E-state index is 0.374. The van der Waals surface area contributed by atoms with E-state index >= 15 is 0 Å². The molecule has 0 fully saturated rings. The molecule has 0 saturated carbocycles. The molecule has 14 heavy (non-hydrogen) atoms. The summed E-state index contributed by atoms with van der Waals surface area (Å²) in [5.74, 6) is 2.16. The fraction of sp³-hybridized carbons (Fsp3) is 0.500. The number of aromatic nitrogens is 1. The third-order valence-corrected chi connectivity index (χ3v) is 3.68. The zero-order valence-electron chi connectivity index (χ0n) is 8.40. The Balaban J connectivity index is 2.10. The molecule has 2 nitrogen and oxygen atoms in total. The number of hydrogen-bond donors (Lipinski definition) is 1. The Morgan fingerprint density at radius 3 is 3.29 bits per heavy atom. The standard InChI is InChI=1S/C10H16N2S2/c1-3-6-13-7-4-11-9(2)10-12-5-8-14-10/h3,5,8-9,11H,1,4,6-7H2,2H3. The lowest BCUT2D eigenvalue weighted by atomic mass is 10.3. The predicted octanol–water partition coefficient (Wildman–Crippen LogP) is 2.71. The normalized spacial score (nSPS) is 12.6. The van der Waals surface area contributed by atoms with Crippen LogP contribution in [-0.4, -0.2) is 23.0 Å². The molecule has 0 aliphatic carbocycles. The van der Waals surface area contributed by atoms with Gasteiger partial charge in [-0.1, -0.05) is 6.08 Å². The zero-order valence-corrected chi connectivity index (χ0v) is 10.0. The molecule has 1 heterocycles. The van der Waals surface area contributed by atoms with Gasteiger partial charge in [0.05, 0.1) is 6.04 Å². The third-order valence-electron chi connectivity index (χ3n) is 1.75. The van der Waals surface area contributed by atoms with Crippen molar-refractivity contribution in [1.29, 1.82) is 0 Å². The van der Waals surface area contributed by atoms with Crippen molar-refractivity contribution in [2.75, 3.05) is 18.1 Å². The van der Waals surface area contributed by atoms with Crippen LogP contribution in [0.4, 0.5) is 0 Å². The molecular weight excluding hydrogens is 212 g/mol. The summed E-state index contributed by atoms with van der Waals surface area (Å²) in [5, 5.41) is 6.62. The first-order valence-electron chi connectivity index (χ1n) is 4.66. The van der Waals surface area contributed by atoms with Crippen LogP contribution < -0.4 is 5.32 Å². The molecule has 0 saturated heterocycles. The Morgan fingerprint density at radius 1 is 1.79 bits per heavy atom. The van der Waals surface area contributed by atoms with E-state index in [4.69, 9.17) is 0 Å². The Morgan fingerprint density at radius 2 is 2.64 bits per heavy atom. The molecular formula is C10H16N2S2. The van der Waals surface area contributed by atoms with Gasteiger partial charge in [-0.3, -0.25) is 0 Å². The average Bonchev–Trinajstić information content (AvgIpc) is 2.70. The van der Waals surface area contributed by atoms with Crippen LogP contribution in [0.1, 0.15) is 18.0 Å². The van der Waals surface area contributed by atoms with Crippen molar-refractivity contribution >= 4 is 23.1 Å². The van der Waals surface area contributed by atoms with E-state index in [1.54, 1.807) is 11.3 Å². The van der Waals surface area contributed by atoms with E-state index in [1.807, 2.05) is 29.4 Å². The lowest BCUT2D eigenvalue weighted by Crippen LogP contribution is -2.21. The monoisotopic (exact) mass is 228 g/mol. The maximum absolute atomic E-state index is 4.26. The molecule has 0 aliphatic heterocycles. The fourth-order valence-corrected chi connectivity index (χ4v) is 2.32. The summed E-state index contributed by atoms with van der Waals surface area (Å²) in [6.45, 7) is 6.86. The SMILES string of the molecule is C=CCSCCNC(C)c1nccs1. The average molecular weight is 228 g/mol. The van der Waals surface area contributed by atoms with Crippen molar-refractivity contribution in [3.63, 3.8) is 0 Å². The molecule has 78 valence electrons. The molecule has 1 atom stereocenters. The van der Waals surface area contributed by atoms with E-state index in [9.17, 15) is 0 Å². The van der Waals surface area contributed by atoms with Crippen LogP contribution in [-0.2, 0) is 0 Å². The van der Waals surface area contributed by atoms with Gasteiger partial charge < -0.3 is 5.32 Å². The second-order valence-electron chi connectivity index (χ2n) is 2.91. The lowest BCUT2D eigenvalue weighted by Gasteiger charge is -2.09. The van der Waals surface area contributed by atoms with Gasteiger partial charge in [-0.05, 0) is 6.92 Å². The van der Waals surface area contributed by atoms with Crippen LogP contribution in [0.5, 0.6) is 0 Å². The number of nitrogens with one attached hydrogen (secondary N) is 1. The van der Waals surface area contributed by atoms with Crippen LogP contribution in [0.15, 0.2) is 24.2 Å². The third kappa shape index (κ3) is 4.26. The maximum atomic E-state index is 4.26. The molecule has 0 amide bonds. The van der Waals surface area contributed by atoms with Crippen LogP contribution in [0.25, 0.3) is 0 Å². The number of thiazole rings is 1. The van der Waals surface area contributed by atoms with Gasteiger partial charge in [-0.2, -0.15) is 11.8 Å². The molecule has 1 N–H and O–H groups in total. The van der Waals surface area contributed by atoms with Gasteiger partial charge in [-0.15, -0.1) is 17.9 Å². The van der Waals surface area contributed by atoms with Gasteiger partial charge in [0, 0.05) is 29.6 Å². The Labute approximate surface area is 93.8 Å². The van der Waals surface area contributed by atoms with Crippen LogP contribution >= 0.6 is 23.1 Å².